The first-order valence-corrected chi connectivity index (χ1v) is 14.5. The van der Waals surface area contributed by atoms with Crippen LogP contribution in [0, 0.1) is 33.5 Å². The van der Waals surface area contributed by atoms with Gasteiger partial charge in [-0.15, -0.1) is 0 Å². The minimum atomic E-state index is -1.36. The van der Waals surface area contributed by atoms with Crippen molar-refractivity contribution in [3.05, 3.63) is 24.2 Å². The maximum absolute atomic E-state index is 15.0. The highest BCUT2D eigenvalue weighted by molar-refractivity contribution is 5.93. The molecule has 224 valence electrons. The Morgan fingerprint density at radius 2 is 1.68 bits per heavy atom. The topological polar surface area (TPSA) is 165 Å². The Kier molecular flexibility index (Phi) is 5.50. The number of carbonyl (C=O) groups excluding carboxylic acids is 3. The molecule has 7 rings (SSSR count). The fourth-order valence-corrected chi connectivity index (χ4v) is 11.0. The zero-order valence-electron chi connectivity index (χ0n) is 23.9. The predicted molar refractivity (Wildman–Crippen MR) is 137 cm³/mol. The summed E-state index contributed by atoms with van der Waals surface area (Å²) in [5.41, 5.74) is -4.93. The molecule has 1 unspecified atom stereocenters. The molecule has 6 fully saturated rings. The first-order chi connectivity index (χ1) is 19.2. The SMILES string of the molecule is CC(=O)O[C@@H]1C[C@H](O)[C@@]23COC(O)[C@]1(C)[C@@H]2C[C@@H](O)[C@]1(C)[C@@H]3C(=O)[C@H](OC(C)=O)[C@@]2(C)[C@H](c3ccoc3)C[C@H]3O[C@]321. The number of ether oxygens (including phenoxy) is 4. The van der Waals surface area contributed by atoms with Gasteiger partial charge >= 0.3 is 11.9 Å². The molecule has 1 aromatic rings. The Balaban J connectivity index is 1.44. The molecular weight excluding hydrogens is 536 g/mol. The van der Waals surface area contributed by atoms with Gasteiger partial charge in [-0.25, -0.2) is 0 Å². The number of fused-ring (bicyclic) bond motifs is 1. The van der Waals surface area contributed by atoms with Gasteiger partial charge in [0.2, 0.25) is 0 Å². The van der Waals surface area contributed by atoms with E-state index in [4.69, 9.17) is 23.4 Å². The number of aliphatic hydroxyl groups is 3. The van der Waals surface area contributed by atoms with E-state index in [0.29, 0.717) is 6.42 Å². The van der Waals surface area contributed by atoms with Crippen LogP contribution < -0.4 is 0 Å². The molecule has 3 N–H and O–H groups in total. The van der Waals surface area contributed by atoms with Gasteiger partial charge < -0.3 is 38.7 Å². The first-order valence-electron chi connectivity index (χ1n) is 14.5. The number of hydrogen-bond donors (Lipinski definition) is 3. The van der Waals surface area contributed by atoms with Crippen LogP contribution in [0.1, 0.15) is 65.4 Å². The summed E-state index contributed by atoms with van der Waals surface area (Å²) in [4.78, 5) is 39.7. The maximum atomic E-state index is 15.0. The largest absolute Gasteiger partial charge is 0.472 e. The lowest BCUT2D eigenvalue weighted by Gasteiger charge is -2.73. The quantitative estimate of drug-likeness (QED) is 0.354. The molecule has 6 aliphatic rings. The molecule has 1 spiro atoms. The second-order valence-corrected chi connectivity index (χ2v) is 13.9. The van der Waals surface area contributed by atoms with Gasteiger partial charge in [0.15, 0.2) is 18.2 Å². The summed E-state index contributed by atoms with van der Waals surface area (Å²) in [6.45, 7) is 7.85. The van der Waals surface area contributed by atoms with Crippen molar-refractivity contribution in [2.75, 3.05) is 6.61 Å². The number of hydrogen-bond acceptors (Lipinski definition) is 11. The Morgan fingerprint density at radius 3 is 2.32 bits per heavy atom. The monoisotopic (exact) mass is 574 g/mol. The third-order valence-corrected chi connectivity index (χ3v) is 12.6. The van der Waals surface area contributed by atoms with Crippen molar-refractivity contribution < 1.29 is 53.1 Å². The average Bonchev–Trinajstić information content (AvgIpc) is 3.26. The molecule has 11 heteroatoms. The summed E-state index contributed by atoms with van der Waals surface area (Å²) in [5.74, 6) is -3.56. The van der Waals surface area contributed by atoms with Gasteiger partial charge in [-0.05, 0) is 30.4 Å². The van der Waals surface area contributed by atoms with Crippen molar-refractivity contribution in [3.8, 4) is 0 Å². The lowest BCUT2D eigenvalue weighted by Crippen LogP contribution is -2.82. The Bertz CT molecular complexity index is 1310. The highest BCUT2D eigenvalue weighted by Gasteiger charge is 2.92. The molecule has 2 bridgehead atoms. The molecular formula is C30H38O11. The Morgan fingerprint density at radius 1 is 0.976 bits per heavy atom. The molecule has 4 saturated carbocycles. The number of ketones is 1. The van der Waals surface area contributed by atoms with Gasteiger partial charge in [-0.3, -0.25) is 14.4 Å². The van der Waals surface area contributed by atoms with Crippen LogP contribution in [0.4, 0.5) is 0 Å². The minimum absolute atomic E-state index is 0.0205. The van der Waals surface area contributed by atoms with Gasteiger partial charge in [0, 0.05) is 42.9 Å². The Hall–Kier alpha value is -2.31. The smallest absolute Gasteiger partial charge is 0.303 e. The van der Waals surface area contributed by atoms with Crippen molar-refractivity contribution in [1.82, 2.24) is 0 Å². The lowest BCUT2D eigenvalue weighted by atomic mass is 9.33. The summed E-state index contributed by atoms with van der Waals surface area (Å²) in [5, 5.41) is 35.4. The molecule has 11 nitrogen and oxygen atoms in total. The lowest BCUT2D eigenvalue weighted by molar-refractivity contribution is -0.373. The van der Waals surface area contributed by atoms with E-state index in [9.17, 15) is 24.9 Å². The van der Waals surface area contributed by atoms with E-state index >= 15 is 4.79 Å². The van der Waals surface area contributed by atoms with Crippen LogP contribution in [-0.4, -0.2) is 82.1 Å². The van der Waals surface area contributed by atoms with Crippen molar-refractivity contribution in [1.29, 1.82) is 0 Å². The van der Waals surface area contributed by atoms with Crippen molar-refractivity contribution in [2.24, 2.45) is 33.5 Å². The highest BCUT2D eigenvalue weighted by Crippen LogP contribution is 2.82. The van der Waals surface area contributed by atoms with E-state index in [0.717, 1.165) is 5.56 Å². The summed E-state index contributed by atoms with van der Waals surface area (Å²) in [6.07, 6.45) is -2.27. The molecule has 0 aromatic carbocycles. The third kappa shape index (κ3) is 2.85. The van der Waals surface area contributed by atoms with E-state index in [-0.39, 0.29) is 31.5 Å². The number of rotatable bonds is 3. The first kappa shape index (κ1) is 27.5. The zero-order valence-corrected chi connectivity index (χ0v) is 23.9. The van der Waals surface area contributed by atoms with Crippen LogP contribution >= 0.6 is 0 Å². The molecule has 0 amide bonds. The second-order valence-electron chi connectivity index (χ2n) is 13.9. The van der Waals surface area contributed by atoms with Gasteiger partial charge in [0.25, 0.3) is 0 Å². The van der Waals surface area contributed by atoms with Crippen LogP contribution in [-0.2, 0) is 33.3 Å². The number of furan rings is 1. The number of carbonyl (C=O) groups is 3. The number of epoxide rings is 1. The van der Waals surface area contributed by atoms with Gasteiger partial charge in [0.05, 0.1) is 48.3 Å². The van der Waals surface area contributed by atoms with E-state index in [1.807, 2.05) is 19.9 Å². The normalized spacial score (nSPS) is 54.7. The summed E-state index contributed by atoms with van der Waals surface area (Å²) in [6, 6.07) is 1.84. The molecule has 14 atom stereocenters. The van der Waals surface area contributed by atoms with E-state index in [1.54, 1.807) is 19.5 Å². The van der Waals surface area contributed by atoms with Crippen LogP contribution in [0.2, 0.25) is 0 Å². The second kappa shape index (κ2) is 8.19. The van der Waals surface area contributed by atoms with Crippen LogP contribution in [0.5, 0.6) is 0 Å². The number of esters is 2. The van der Waals surface area contributed by atoms with E-state index in [1.165, 1.54) is 13.8 Å². The maximum Gasteiger partial charge on any atom is 0.303 e. The number of aliphatic hydroxyl groups excluding tert-OH is 3. The summed E-state index contributed by atoms with van der Waals surface area (Å²) in [7, 11) is 0. The van der Waals surface area contributed by atoms with Crippen molar-refractivity contribution >= 4 is 17.7 Å². The third-order valence-electron chi connectivity index (χ3n) is 12.6. The van der Waals surface area contributed by atoms with Crippen molar-refractivity contribution in [3.63, 3.8) is 0 Å². The zero-order chi connectivity index (χ0) is 29.5. The van der Waals surface area contributed by atoms with Crippen LogP contribution in [0.25, 0.3) is 0 Å². The predicted octanol–water partition coefficient (Wildman–Crippen LogP) is 1.47. The van der Waals surface area contributed by atoms with Crippen LogP contribution in [0.3, 0.4) is 0 Å². The van der Waals surface area contributed by atoms with Gasteiger partial charge in [-0.2, -0.15) is 0 Å². The van der Waals surface area contributed by atoms with Crippen LogP contribution in [0.15, 0.2) is 23.0 Å². The molecule has 3 heterocycles. The Labute approximate surface area is 237 Å². The average molecular weight is 575 g/mol. The highest BCUT2D eigenvalue weighted by atomic mass is 16.6. The molecule has 2 saturated heterocycles. The molecule has 0 radical (unpaired) electrons. The standard InChI is InChI=1S/C30H38O11/c1-13(31)39-20-10-19(34)29-12-38-25(36)26(20,3)17(29)9-18(33)28(5)23(29)22(35)24(40-14(2)32)27(4)16(15-6-7-37-11-15)8-21-30(27,28)41-21/h6-7,11,16-21,23-25,33-34,36H,8-10,12H2,1-5H3/t16-,17-,18+,19-,20+,21+,23-,24-,25?,26+,27+,28+,29+,30+/m0/s1. The molecule has 2 aliphatic heterocycles. The van der Waals surface area contributed by atoms with E-state index in [2.05, 4.69) is 0 Å². The minimum Gasteiger partial charge on any atom is -0.472 e. The van der Waals surface area contributed by atoms with Crippen molar-refractivity contribution in [2.45, 2.75) is 102 Å². The fraction of sp³-hybridized carbons (Fsp3) is 0.767. The molecule has 4 aliphatic carbocycles. The van der Waals surface area contributed by atoms with Gasteiger partial charge in [-0.1, -0.05) is 20.8 Å². The molecule has 1 aromatic heterocycles. The molecule has 41 heavy (non-hydrogen) atoms. The van der Waals surface area contributed by atoms with E-state index < -0.39 is 87.5 Å². The summed E-state index contributed by atoms with van der Waals surface area (Å²) < 4.78 is 29.5. The fourth-order valence-electron chi connectivity index (χ4n) is 11.0. The van der Waals surface area contributed by atoms with Gasteiger partial charge in [0.1, 0.15) is 11.7 Å². The number of Topliss-reactive ketones (excluding diaryl/α,β-unsaturated/α-hetero) is 1. The summed E-state index contributed by atoms with van der Waals surface area (Å²) >= 11 is 0.